The first-order valence-corrected chi connectivity index (χ1v) is 6.83. The molecule has 6 nitrogen and oxygen atoms in total. The minimum absolute atomic E-state index is 0.0526. The van der Waals surface area contributed by atoms with Crippen molar-refractivity contribution in [1.82, 2.24) is 4.90 Å². The van der Waals surface area contributed by atoms with Gasteiger partial charge < -0.3 is 19.5 Å². The smallest absolute Gasteiger partial charge is 0.334 e. The maximum absolute atomic E-state index is 12.3. The van der Waals surface area contributed by atoms with Crippen molar-refractivity contribution in [2.75, 3.05) is 26.8 Å². The topological polar surface area (TPSA) is 76.1 Å². The molecule has 1 aliphatic heterocycles. The lowest BCUT2D eigenvalue weighted by molar-refractivity contribution is -0.159. The molecular formula is C14H16ClNO5. The van der Waals surface area contributed by atoms with Crippen LogP contribution in [0.3, 0.4) is 0 Å². The van der Waals surface area contributed by atoms with Gasteiger partial charge in [0.05, 0.1) is 26.7 Å². The van der Waals surface area contributed by atoms with Gasteiger partial charge >= 0.3 is 5.97 Å². The van der Waals surface area contributed by atoms with Crippen LogP contribution in [0.25, 0.3) is 0 Å². The molecule has 1 aliphatic rings. The molecular weight excluding hydrogens is 298 g/mol. The molecule has 114 valence electrons. The molecule has 0 bridgehead atoms. The van der Waals surface area contributed by atoms with Gasteiger partial charge in [-0.15, -0.1) is 0 Å². The fraction of sp³-hybridized carbons (Fsp3) is 0.429. The van der Waals surface area contributed by atoms with Crippen molar-refractivity contribution in [2.45, 2.75) is 12.5 Å². The minimum atomic E-state index is -1.06. The molecule has 1 aromatic carbocycles. The van der Waals surface area contributed by atoms with Gasteiger partial charge in [-0.25, -0.2) is 4.79 Å². The van der Waals surface area contributed by atoms with Crippen LogP contribution in [0.2, 0.25) is 5.02 Å². The molecule has 0 radical (unpaired) electrons. The van der Waals surface area contributed by atoms with Gasteiger partial charge in [0.25, 0.3) is 0 Å². The average molecular weight is 314 g/mol. The summed E-state index contributed by atoms with van der Waals surface area (Å²) >= 11 is 5.93. The summed E-state index contributed by atoms with van der Waals surface area (Å²) in [7, 11) is 1.52. The summed E-state index contributed by atoms with van der Waals surface area (Å²) in [6, 6.07) is 5.06. The number of ether oxygens (including phenoxy) is 2. The number of carboxylic acid groups (broad SMARTS) is 1. The number of amides is 1. The van der Waals surface area contributed by atoms with Gasteiger partial charge in [-0.1, -0.05) is 11.6 Å². The van der Waals surface area contributed by atoms with Crippen LogP contribution in [0, 0.1) is 0 Å². The summed E-state index contributed by atoms with van der Waals surface area (Å²) < 4.78 is 10.3. The second-order valence-corrected chi connectivity index (χ2v) is 5.11. The number of carboxylic acids is 1. The van der Waals surface area contributed by atoms with Gasteiger partial charge in [-0.3, -0.25) is 4.79 Å². The highest BCUT2D eigenvalue weighted by Gasteiger charge is 2.29. The molecule has 1 aromatic rings. The molecule has 0 saturated carbocycles. The molecule has 0 spiro atoms. The predicted octanol–water partition coefficient (Wildman–Crippen LogP) is 1.20. The first-order valence-electron chi connectivity index (χ1n) is 6.46. The third kappa shape index (κ3) is 3.86. The average Bonchev–Trinajstić information content (AvgIpc) is 2.47. The Morgan fingerprint density at radius 3 is 2.95 bits per heavy atom. The number of morpholine rings is 1. The van der Waals surface area contributed by atoms with E-state index in [1.54, 1.807) is 18.2 Å². The number of nitrogens with zero attached hydrogens (tertiary/aromatic N) is 1. The SMILES string of the molecule is COc1ccc(Cl)cc1CC(=O)N1CCO[C@@H](C(=O)O)C1. The zero-order chi connectivity index (χ0) is 15.4. The van der Waals surface area contributed by atoms with E-state index in [0.717, 1.165) is 0 Å². The number of halogens is 1. The van der Waals surface area contributed by atoms with Gasteiger partial charge in [0.2, 0.25) is 5.91 Å². The van der Waals surface area contributed by atoms with Crippen molar-refractivity contribution in [3.05, 3.63) is 28.8 Å². The van der Waals surface area contributed by atoms with Crippen molar-refractivity contribution >= 4 is 23.5 Å². The van der Waals surface area contributed by atoms with Gasteiger partial charge in [0.15, 0.2) is 6.10 Å². The van der Waals surface area contributed by atoms with Crippen LogP contribution in [-0.4, -0.2) is 54.8 Å². The lowest BCUT2D eigenvalue weighted by atomic mass is 10.1. The van der Waals surface area contributed by atoms with Crippen molar-refractivity contribution in [3.63, 3.8) is 0 Å². The molecule has 21 heavy (non-hydrogen) atoms. The van der Waals surface area contributed by atoms with Crippen LogP contribution < -0.4 is 4.74 Å². The van der Waals surface area contributed by atoms with Crippen LogP contribution in [0.1, 0.15) is 5.56 Å². The number of hydrogen-bond acceptors (Lipinski definition) is 4. The van der Waals surface area contributed by atoms with E-state index in [4.69, 9.17) is 26.2 Å². The molecule has 0 unspecified atom stereocenters. The highest BCUT2D eigenvalue weighted by atomic mass is 35.5. The molecule has 2 rings (SSSR count). The van der Waals surface area contributed by atoms with Gasteiger partial charge in [-0.2, -0.15) is 0 Å². The number of aliphatic carboxylic acids is 1. The lowest BCUT2D eigenvalue weighted by Crippen LogP contribution is -2.49. The van der Waals surface area contributed by atoms with Gasteiger partial charge in [-0.05, 0) is 18.2 Å². The fourth-order valence-corrected chi connectivity index (χ4v) is 2.38. The monoisotopic (exact) mass is 313 g/mol. The fourth-order valence-electron chi connectivity index (χ4n) is 2.19. The quantitative estimate of drug-likeness (QED) is 0.904. The summed E-state index contributed by atoms with van der Waals surface area (Å²) in [6.45, 7) is 0.651. The highest BCUT2D eigenvalue weighted by Crippen LogP contribution is 2.23. The van der Waals surface area contributed by atoms with Crippen LogP contribution in [0.15, 0.2) is 18.2 Å². The summed E-state index contributed by atoms with van der Waals surface area (Å²) in [5.74, 6) is -0.659. The van der Waals surface area contributed by atoms with Crippen LogP contribution in [0.5, 0.6) is 5.75 Å². The standard InChI is InChI=1S/C14H16ClNO5/c1-20-11-3-2-10(15)6-9(11)7-13(17)16-4-5-21-12(8-16)14(18)19/h2-3,6,12H,4-5,7-8H2,1H3,(H,18,19)/t12-/m1/s1. The molecule has 0 aromatic heterocycles. The number of carbonyl (C=O) groups excluding carboxylic acids is 1. The van der Waals surface area contributed by atoms with Crippen molar-refractivity contribution in [3.8, 4) is 5.75 Å². The first-order chi connectivity index (χ1) is 10.0. The molecule has 1 fully saturated rings. The Morgan fingerprint density at radius 1 is 1.52 bits per heavy atom. The van der Waals surface area contributed by atoms with E-state index in [9.17, 15) is 9.59 Å². The van der Waals surface area contributed by atoms with Crippen molar-refractivity contribution < 1.29 is 24.2 Å². The molecule has 1 heterocycles. The summed E-state index contributed by atoms with van der Waals surface area (Å²) in [5, 5.41) is 9.46. The number of benzene rings is 1. The van der Waals surface area contributed by atoms with Crippen LogP contribution in [-0.2, 0) is 20.7 Å². The largest absolute Gasteiger partial charge is 0.496 e. The Kier molecular flexibility index (Phi) is 5.03. The number of carbonyl (C=O) groups is 2. The van der Waals surface area contributed by atoms with E-state index in [1.165, 1.54) is 12.0 Å². The van der Waals surface area contributed by atoms with Crippen molar-refractivity contribution in [2.24, 2.45) is 0 Å². The van der Waals surface area contributed by atoms with E-state index < -0.39 is 12.1 Å². The van der Waals surface area contributed by atoms with E-state index in [0.29, 0.717) is 22.9 Å². The number of methoxy groups -OCH3 is 1. The second-order valence-electron chi connectivity index (χ2n) is 4.67. The third-order valence-electron chi connectivity index (χ3n) is 3.28. The van der Waals surface area contributed by atoms with Crippen LogP contribution in [0.4, 0.5) is 0 Å². The normalized spacial score (nSPS) is 18.4. The van der Waals surface area contributed by atoms with E-state index >= 15 is 0 Å². The maximum atomic E-state index is 12.3. The number of rotatable bonds is 4. The Morgan fingerprint density at radius 2 is 2.29 bits per heavy atom. The molecule has 1 N–H and O–H groups in total. The molecule has 1 atom stereocenters. The number of hydrogen-bond donors (Lipinski definition) is 1. The summed E-state index contributed by atoms with van der Waals surface area (Å²) in [5.41, 5.74) is 0.674. The van der Waals surface area contributed by atoms with Gasteiger partial charge in [0.1, 0.15) is 5.75 Å². The maximum Gasteiger partial charge on any atom is 0.334 e. The third-order valence-corrected chi connectivity index (χ3v) is 3.51. The van der Waals surface area contributed by atoms with E-state index in [2.05, 4.69) is 0 Å². The summed E-state index contributed by atoms with van der Waals surface area (Å²) in [4.78, 5) is 24.7. The molecule has 0 aliphatic carbocycles. The predicted molar refractivity (Wildman–Crippen MR) is 75.7 cm³/mol. The van der Waals surface area contributed by atoms with E-state index in [-0.39, 0.29) is 25.5 Å². The highest BCUT2D eigenvalue weighted by molar-refractivity contribution is 6.30. The zero-order valence-electron chi connectivity index (χ0n) is 11.5. The zero-order valence-corrected chi connectivity index (χ0v) is 12.3. The molecule has 7 heteroatoms. The first kappa shape index (κ1) is 15.6. The van der Waals surface area contributed by atoms with Crippen molar-refractivity contribution in [1.29, 1.82) is 0 Å². The van der Waals surface area contributed by atoms with Gasteiger partial charge in [0, 0.05) is 17.1 Å². The Labute approximate surface area is 127 Å². The Bertz CT molecular complexity index is 548. The Hall–Kier alpha value is -1.79. The minimum Gasteiger partial charge on any atom is -0.496 e. The van der Waals surface area contributed by atoms with E-state index in [1.807, 2.05) is 0 Å². The van der Waals surface area contributed by atoms with Crippen LogP contribution >= 0.6 is 11.6 Å². The molecule has 1 amide bonds. The second kappa shape index (κ2) is 6.78. The Balaban J connectivity index is 2.07. The molecule has 1 saturated heterocycles. The summed E-state index contributed by atoms with van der Waals surface area (Å²) in [6.07, 6.45) is -0.861. The lowest BCUT2D eigenvalue weighted by Gasteiger charge is -2.31.